The van der Waals surface area contributed by atoms with Crippen LogP contribution in [0.5, 0.6) is 0 Å². The van der Waals surface area contributed by atoms with Crippen LogP contribution in [0.25, 0.3) is 12.2 Å². The Labute approximate surface area is 53.7 Å². The summed E-state index contributed by atoms with van der Waals surface area (Å²) >= 11 is 0. The van der Waals surface area contributed by atoms with Crippen LogP contribution in [0, 0.1) is 0 Å². The highest BCUT2D eigenvalue weighted by molar-refractivity contribution is 5.35. The van der Waals surface area contributed by atoms with Crippen molar-refractivity contribution in [3.8, 4) is 0 Å². The number of fused-ring (bicyclic) bond motifs is 1. The average molecular weight is 119 g/mol. The van der Waals surface area contributed by atoms with Crippen molar-refractivity contribution in [3.63, 3.8) is 0 Å². The maximum atomic E-state index is 3.17. The zero-order chi connectivity index (χ0) is 6.10. The van der Waals surface area contributed by atoms with Crippen LogP contribution >= 0.6 is 0 Å². The summed E-state index contributed by atoms with van der Waals surface area (Å²) in [6.07, 6.45) is 8.89. The number of aromatic nitrogens is 1. The van der Waals surface area contributed by atoms with Gasteiger partial charge in [0.1, 0.15) is 0 Å². The molecule has 9 heavy (non-hydrogen) atoms. The van der Waals surface area contributed by atoms with Crippen LogP contribution in [-0.2, 0) is 0 Å². The number of hydrogen-bond acceptors (Lipinski definition) is 0. The van der Waals surface area contributed by atoms with E-state index in [1.54, 1.807) is 0 Å². The molecule has 0 aromatic carbocycles. The van der Waals surface area contributed by atoms with E-state index in [1.807, 2.05) is 6.20 Å². The van der Waals surface area contributed by atoms with Gasteiger partial charge < -0.3 is 4.98 Å². The number of aromatic amines is 1. The summed E-state index contributed by atoms with van der Waals surface area (Å²) in [5, 5.41) is 2.66. The molecule has 1 nitrogen and oxygen atoms in total. The molecular weight excluding hydrogens is 110 g/mol. The van der Waals surface area contributed by atoms with Crippen molar-refractivity contribution >= 4 is 12.2 Å². The monoisotopic (exact) mass is 119 g/mol. The van der Waals surface area contributed by atoms with E-state index >= 15 is 0 Å². The van der Waals surface area contributed by atoms with E-state index in [0.29, 0.717) is 0 Å². The van der Waals surface area contributed by atoms with Gasteiger partial charge in [-0.1, -0.05) is 12.2 Å². The van der Waals surface area contributed by atoms with Gasteiger partial charge in [-0.2, -0.15) is 0 Å². The standard InChI is InChI=1S/C8H9N/c1-2-4-8-7(3-1)5-6-9-8/h3-6,9H,1-2H2. The Morgan fingerprint density at radius 3 is 3.00 bits per heavy atom. The molecular formula is C8H9N. The van der Waals surface area contributed by atoms with Crippen molar-refractivity contribution in [3.05, 3.63) is 22.8 Å². The van der Waals surface area contributed by atoms with Crippen LogP contribution < -0.4 is 10.6 Å². The largest absolute Gasteiger partial charge is 0.361 e. The molecule has 1 aromatic heterocycles. The minimum absolute atomic E-state index is 1.19. The van der Waals surface area contributed by atoms with Crippen LogP contribution in [0.2, 0.25) is 0 Å². The molecule has 0 saturated heterocycles. The van der Waals surface area contributed by atoms with Gasteiger partial charge in [0.15, 0.2) is 0 Å². The molecule has 0 aliphatic heterocycles. The van der Waals surface area contributed by atoms with Gasteiger partial charge >= 0.3 is 0 Å². The molecule has 1 heterocycles. The van der Waals surface area contributed by atoms with Crippen molar-refractivity contribution in [1.82, 2.24) is 4.98 Å². The van der Waals surface area contributed by atoms with Gasteiger partial charge in [0.05, 0.1) is 0 Å². The Bertz CT molecular complexity index is 275. The third-order valence-corrected chi connectivity index (χ3v) is 1.69. The smallest absolute Gasteiger partial charge is 0.0410 e. The molecule has 0 amide bonds. The molecule has 0 bridgehead atoms. The Morgan fingerprint density at radius 2 is 2.11 bits per heavy atom. The Balaban J connectivity index is 2.89. The third kappa shape index (κ3) is 0.689. The maximum absolute atomic E-state index is 3.17. The molecule has 0 radical (unpaired) electrons. The molecule has 1 aliphatic rings. The zero-order valence-electron chi connectivity index (χ0n) is 5.22. The topological polar surface area (TPSA) is 15.8 Å². The van der Waals surface area contributed by atoms with Crippen molar-refractivity contribution in [2.45, 2.75) is 12.8 Å². The fourth-order valence-electron chi connectivity index (χ4n) is 1.22. The molecule has 0 atom stereocenters. The van der Waals surface area contributed by atoms with Crippen LogP contribution in [0.3, 0.4) is 0 Å². The first kappa shape index (κ1) is 4.86. The van der Waals surface area contributed by atoms with Crippen LogP contribution in [0.1, 0.15) is 12.8 Å². The maximum Gasteiger partial charge on any atom is 0.0410 e. The van der Waals surface area contributed by atoms with Gasteiger partial charge in [0, 0.05) is 11.5 Å². The van der Waals surface area contributed by atoms with E-state index < -0.39 is 0 Å². The average Bonchev–Trinajstić information content (AvgIpc) is 2.33. The Kier molecular flexibility index (Phi) is 0.950. The number of nitrogens with one attached hydrogen (secondary N) is 1. The van der Waals surface area contributed by atoms with Crippen molar-refractivity contribution in [1.29, 1.82) is 0 Å². The molecule has 0 spiro atoms. The summed E-state index contributed by atoms with van der Waals surface area (Å²) in [4.78, 5) is 3.17. The minimum Gasteiger partial charge on any atom is -0.361 e. The lowest BCUT2D eigenvalue weighted by molar-refractivity contribution is 1.10. The highest BCUT2D eigenvalue weighted by Crippen LogP contribution is 1.92. The fraction of sp³-hybridized carbons (Fsp3) is 0.250. The lowest BCUT2D eigenvalue weighted by Gasteiger charge is -1.91. The van der Waals surface area contributed by atoms with Gasteiger partial charge in [-0.15, -0.1) is 0 Å². The molecule has 1 N–H and O–H groups in total. The summed E-state index contributed by atoms with van der Waals surface area (Å²) in [6.45, 7) is 0. The summed E-state index contributed by atoms with van der Waals surface area (Å²) in [7, 11) is 0. The van der Waals surface area contributed by atoms with E-state index in [0.717, 1.165) is 0 Å². The van der Waals surface area contributed by atoms with Gasteiger partial charge in [-0.25, -0.2) is 0 Å². The summed E-state index contributed by atoms with van der Waals surface area (Å²) in [5.41, 5.74) is 0. The van der Waals surface area contributed by atoms with Gasteiger partial charge in [-0.05, 0) is 24.1 Å². The second kappa shape index (κ2) is 1.76. The minimum atomic E-state index is 1.19. The summed E-state index contributed by atoms with van der Waals surface area (Å²) in [5.74, 6) is 0. The number of rotatable bonds is 0. The molecule has 1 aromatic rings. The van der Waals surface area contributed by atoms with Gasteiger partial charge in [-0.3, -0.25) is 0 Å². The van der Waals surface area contributed by atoms with Crippen LogP contribution in [-0.4, -0.2) is 4.98 Å². The first-order valence-electron chi connectivity index (χ1n) is 3.30. The SMILES string of the molecule is C1=c2cc[nH]c2=CCC1. The number of hydrogen-bond donors (Lipinski definition) is 1. The fourth-order valence-corrected chi connectivity index (χ4v) is 1.22. The Hall–Kier alpha value is -0.980. The zero-order valence-corrected chi connectivity index (χ0v) is 5.22. The van der Waals surface area contributed by atoms with Crippen molar-refractivity contribution in [2.75, 3.05) is 0 Å². The van der Waals surface area contributed by atoms with Crippen LogP contribution in [0.4, 0.5) is 0 Å². The molecule has 0 unspecified atom stereocenters. The second-order valence-corrected chi connectivity index (χ2v) is 2.33. The summed E-state index contributed by atoms with van der Waals surface area (Å²) in [6, 6.07) is 2.12. The molecule has 2 rings (SSSR count). The second-order valence-electron chi connectivity index (χ2n) is 2.33. The highest BCUT2D eigenvalue weighted by atomic mass is 14.6. The molecule has 1 aliphatic carbocycles. The van der Waals surface area contributed by atoms with E-state index in [1.165, 1.54) is 23.4 Å². The van der Waals surface area contributed by atoms with E-state index in [2.05, 4.69) is 23.2 Å². The van der Waals surface area contributed by atoms with E-state index in [4.69, 9.17) is 0 Å². The van der Waals surface area contributed by atoms with Gasteiger partial charge in [0.2, 0.25) is 0 Å². The van der Waals surface area contributed by atoms with Crippen LogP contribution in [0.15, 0.2) is 12.3 Å². The number of H-pyrrole nitrogens is 1. The quantitative estimate of drug-likeness (QED) is 0.508. The predicted molar refractivity (Wildman–Crippen MR) is 38.2 cm³/mol. The molecule has 0 saturated carbocycles. The molecule has 1 heteroatoms. The third-order valence-electron chi connectivity index (χ3n) is 1.69. The van der Waals surface area contributed by atoms with E-state index in [9.17, 15) is 0 Å². The lowest BCUT2D eigenvalue weighted by atomic mass is 10.2. The molecule has 0 fully saturated rings. The highest BCUT2D eigenvalue weighted by Gasteiger charge is 1.90. The van der Waals surface area contributed by atoms with Gasteiger partial charge in [0.25, 0.3) is 0 Å². The molecule has 46 valence electrons. The first-order chi connectivity index (χ1) is 4.47. The van der Waals surface area contributed by atoms with Crippen molar-refractivity contribution in [2.24, 2.45) is 0 Å². The normalized spacial score (nSPS) is 15.6. The first-order valence-corrected chi connectivity index (χ1v) is 3.30. The lowest BCUT2D eigenvalue weighted by Crippen LogP contribution is -2.23. The van der Waals surface area contributed by atoms with E-state index in [-0.39, 0.29) is 0 Å². The summed E-state index contributed by atoms with van der Waals surface area (Å²) < 4.78 is 0. The Morgan fingerprint density at radius 1 is 1.22 bits per heavy atom. The predicted octanol–water partition coefficient (Wildman–Crippen LogP) is 0.369. The van der Waals surface area contributed by atoms with Crippen molar-refractivity contribution < 1.29 is 0 Å².